The Morgan fingerprint density at radius 2 is 1.17 bits per heavy atom. The van der Waals surface area contributed by atoms with E-state index < -0.39 is 59.8 Å². The Labute approximate surface area is 350 Å². The Morgan fingerprint density at radius 3 is 1.67 bits per heavy atom. The van der Waals surface area contributed by atoms with Crippen molar-refractivity contribution in [2.24, 2.45) is 0 Å². The van der Waals surface area contributed by atoms with Gasteiger partial charge in [0.25, 0.3) is 0 Å². The van der Waals surface area contributed by atoms with E-state index in [-0.39, 0.29) is 19.6 Å². The molecule has 12 nitrogen and oxygen atoms in total. The highest BCUT2D eigenvalue weighted by atomic mass is 32.3. The monoisotopic (exact) mass is 841 g/mol. The number of aliphatic hydroxyl groups excluding tert-OH is 3. The molecule has 334 valence electrons. The van der Waals surface area contributed by atoms with Crippen LogP contribution in [0, 0.1) is 0 Å². The van der Waals surface area contributed by atoms with Crippen molar-refractivity contribution in [3.8, 4) is 0 Å². The van der Waals surface area contributed by atoms with Gasteiger partial charge >= 0.3 is 16.4 Å². The van der Waals surface area contributed by atoms with Crippen LogP contribution in [-0.2, 0) is 38.3 Å². The lowest BCUT2D eigenvalue weighted by atomic mass is 9.99. The first-order valence-electron chi connectivity index (χ1n) is 21.7. The first-order valence-corrected chi connectivity index (χ1v) is 23.1. The van der Waals surface area contributed by atoms with Gasteiger partial charge in [-0.1, -0.05) is 151 Å². The lowest BCUT2D eigenvalue weighted by Crippen LogP contribution is -2.60. The molecule has 0 spiro atoms. The first kappa shape index (κ1) is 53.6. The number of allylic oxidation sites excluding steroid dienone is 12. The highest BCUT2D eigenvalue weighted by molar-refractivity contribution is 7.80. The van der Waals surface area contributed by atoms with Gasteiger partial charge in [0.05, 0.1) is 19.8 Å². The van der Waals surface area contributed by atoms with Crippen LogP contribution in [0.3, 0.4) is 0 Å². The summed E-state index contributed by atoms with van der Waals surface area (Å²) < 4.78 is 58.8. The number of carbonyl (C=O) groups is 1. The number of hydrogen-bond donors (Lipinski definition) is 4. The number of rotatable bonds is 36. The Morgan fingerprint density at radius 1 is 0.672 bits per heavy atom. The van der Waals surface area contributed by atoms with Crippen molar-refractivity contribution in [3.63, 3.8) is 0 Å². The maximum atomic E-state index is 12.8. The fourth-order valence-corrected chi connectivity index (χ4v) is 6.61. The summed E-state index contributed by atoms with van der Waals surface area (Å²) in [5.41, 5.74) is 0. The van der Waals surface area contributed by atoms with Gasteiger partial charge in [-0.3, -0.25) is 9.35 Å². The smallest absolute Gasteiger partial charge is 0.397 e. The molecule has 0 aromatic carbocycles. The van der Waals surface area contributed by atoms with E-state index in [4.69, 9.17) is 23.5 Å². The van der Waals surface area contributed by atoms with Crippen LogP contribution in [0.4, 0.5) is 0 Å². The molecular formula is C45H76O12S. The van der Waals surface area contributed by atoms with Gasteiger partial charge in [0.1, 0.15) is 30.5 Å². The van der Waals surface area contributed by atoms with Crippen LogP contribution < -0.4 is 0 Å². The predicted molar refractivity (Wildman–Crippen MR) is 229 cm³/mol. The fourth-order valence-electron chi connectivity index (χ4n) is 6.10. The average Bonchev–Trinajstić information content (AvgIpc) is 3.19. The third-order valence-electron chi connectivity index (χ3n) is 9.34. The molecule has 0 aromatic heterocycles. The van der Waals surface area contributed by atoms with Crippen LogP contribution in [0.15, 0.2) is 72.9 Å². The minimum atomic E-state index is -5.07. The maximum Gasteiger partial charge on any atom is 0.397 e. The average molecular weight is 841 g/mol. The molecule has 1 rings (SSSR count). The zero-order valence-electron chi connectivity index (χ0n) is 35.3. The van der Waals surface area contributed by atoms with Crippen molar-refractivity contribution < 1.29 is 56.2 Å². The molecule has 0 bridgehead atoms. The third kappa shape index (κ3) is 29.7. The third-order valence-corrected chi connectivity index (χ3v) is 9.81. The summed E-state index contributed by atoms with van der Waals surface area (Å²) in [7, 11) is -5.07. The second-order valence-corrected chi connectivity index (χ2v) is 15.6. The van der Waals surface area contributed by atoms with Crippen LogP contribution in [0.2, 0.25) is 0 Å². The summed E-state index contributed by atoms with van der Waals surface area (Å²) in [5.74, 6) is -0.424. The molecule has 6 atom stereocenters. The second kappa shape index (κ2) is 36.4. The lowest BCUT2D eigenvalue weighted by Gasteiger charge is -2.41. The Bertz CT molecular complexity index is 1290. The van der Waals surface area contributed by atoms with E-state index in [1.807, 2.05) is 0 Å². The molecule has 1 aliphatic rings. The van der Waals surface area contributed by atoms with E-state index in [1.54, 1.807) is 0 Å². The standard InChI is InChI=1S/C45H76O12S/c1-3-5-7-9-11-13-15-16-17-18-19-20-21-22-23-25-27-29-31-33-35-53-37-39(55-41(47)34-32-30-28-26-24-14-12-10-8-6-4-2)38-54-45-43(49)44(57-58(50,51)52)42(48)40(36-46)56-45/h5,7,11,13,16-17,19-20,22-23,27,29,39-40,42-46,48-49H,3-4,6,8-10,12,14-15,18,21,24-26,28,30-38H2,1-2H3,(H,50,51,52)/b7-5-,13-11-,17-16-,20-19-,23-22-,29-27-. The molecule has 0 aliphatic carbocycles. The van der Waals surface area contributed by atoms with Gasteiger partial charge in [-0.2, -0.15) is 8.42 Å². The molecule has 0 amide bonds. The summed E-state index contributed by atoms with van der Waals surface area (Å²) in [4.78, 5) is 12.8. The van der Waals surface area contributed by atoms with Crippen molar-refractivity contribution >= 4 is 16.4 Å². The zero-order valence-corrected chi connectivity index (χ0v) is 36.1. The van der Waals surface area contributed by atoms with Crippen LogP contribution >= 0.6 is 0 Å². The van der Waals surface area contributed by atoms with E-state index in [2.05, 4.69) is 90.9 Å². The van der Waals surface area contributed by atoms with Gasteiger partial charge in [0.2, 0.25) is 0 Å². The minimum absolute atomic E-state index is 0.00639. The van der Waals surface area contributed by atoms with E-state index >= 15 is 0 Å². The molecular weight excluding hydrogens is 765 g/mol. The first-order chi connectivity index (χ1) is 28.1. The molecule has 1 heterocycles. The van der Waals surface area contributed by atoms with Crippen LogP contribution in [0.25, 0.3) is 0 Å². The Balaban J connectivity index is 2.49. The van der Waals surface area contributed by atoms with Crippen molar-refractivity contribution in [2.75, 3.05) is 26.4 Å². The van der Waals surface area contributed by atoms with Gasteiger partial charge in [0.15, 0.2) is 6.29 Å². The predicted octanol–water partition coefficient (Wildman–Crippen LogP) is 8.74. The number of unbranched alkanes of at least 4 members (excludes halogenated alkanes) is 11. The number of carbonyl (C=O) groups excluding carboxylic acids is 1. The van der Waals surface area contributed by atoms with E-state index in [1.165, 1.54) is 44.9 Å². The van der Waals surface area contributed by atoms with Crippen LogP contribution in [0.1, 0.15) is 142 Å². The van der Waals surface area contributed by atoms with E-state index in [0.717, 1.165) is 70.6 Å². The lowest BCUT2D eigenvalue weighted by molar-refractivity contribution is -0.301. The van der Waals surface area contributed by atoms with E-state index in [0.29, 0.717) is 13.0 Å². The number of esters is 1. The molecule has 1 fully saturated rings. The summed E-state index contributed by atoms with van der Waals surface area (Å²) in [5, 5.41) is 30.6. The molecule has 1 aliphatic heterocycles. The number of hydrogen-bond acceptors (Lipinski definition) is 11. The van der Waals surface area contributed by atoms with Crippen molar-refractivity contribution in [1.82, 2.24) is 0 Å². The summed E-state index contributed by atoms with van der Waals surface area (Å²) in [6, 6.07) is 0. The summed E-state index contributed by atoms with van der Waals surface area (Å²) in [6.45, 7) is 3.69. The topological polar surface area (TPSA) is 178 Å². The normalized spacial score (nSPS) is 21.2. The van der Waals surface area contributed by atoms with Crippen molar-refractivity contribution in [2.45, 2.75) is 179 Å². The second-order valence-electron chi connectivity index (χ2n) is 14.6. The van der Waals surface area contributed by atoms with E-state index in [9.17, 15) is 28.5 Å². The Hall–Kier alpha value is -2.46. The minimum Gasteiger partial charge on any atom is -0.457 e. The van der Waals surface area contributed by atoms with Crippen LogP contribution in [0.5, 0.6) is 0 Å². The highest BCUT2D eigenvalue weighted by Crippen LogP contribution is 2.26. The van der Waals surface area contributed by atoms with Gasteiger partial charge < -0.3 is 34.3 Å². The van der Waals surface area contributed by atoms with Gasteiger partial charge in [-0.25, -0.2) is 4.18 Å². The van der Waals surface area contributed by atoms with Gasteiger partial charge in [-0.05, 0) is 57.8 Å². The molecule has 0 aromatic rings. The fraction of sp³-hybridized carbons (Fsp3) is 0.711. The Kier molecular flexibility index (Phi) is 33.6. The number of ether oxygens (including phenoxy) is 4. The van der Waals surface area contributed by atoms with Gasteiger partial charge in [0, 0.05) is 13.0 Å². The number of aliphatic hydroxyl groups is 3. The van der Waals surface area contributed by atoms with Crippen molar-refractivity contribution in [3.05, 3.63) is 72.9 Å². The molecule has 1 saturated heterocycles. The molecule has 58 heavy (non-hydrogen) atoms. The maximum absolute atomic E-state index is 12.8. The zero-order chi connectivity index (χ0) is 42.5. The largest absolute Gasteiger partial charge is 0.457 e. The summed E-state index contributed by atoms with van der Waals surface area (Å²) >= 11 is 0. The summed E-state index contributed by atoms with van der Waals surface area (Å²) in [6.07, 6.45) is 36.7. The quantitative estimate of drug-likeness (QED) is 0.0204. The molecule has 0 radical (unpaired) electrons. The highest BCUT2D eigenvalue weighted by Gasteiger charge is 2.48. The van der Waals surface area contributed by atoms with Gasteiger partial charge in [-0.15, -0.1) is 0 Å². The molecule has 6 unspecified atom stereocenters. The molecule has 13 heteroatoms. The molecule has 0 saturated carbocycles. The SMILES string of the molecule is CC/C=C\C/C=C\C/C=C\C/C=C\C/C=C\C/C=C\CCCOCC(COC1OC(CO)C(O)C(OS(=O)(=O)O)C1O)OC(=O)CCCCCCCCCCCCC. The van der Waals surface area contributed by atoms with Crippen LogP contribution in [-0.4, -0.2) is 97.5 Å². The van der Waals surface area contributed by atoms with Crippen molar-refractivity contribution in [1.29, 1.82) is 0 Å². The molecule has 4 N–H and O–H groups in total.